The maximum absolute atomic E-state index is 3.64. The van der Waals surface area contributed by atoms with Crippen molar-refractivity contribution in [3.63, 3.8) is 0 Å². The minimum absolute atomic E-state index is 0.745. The molecule has 2 nitrogen and oxygen atoms in total. The van der Waals surface area contributed by atoms with Crippen LogP contribution < -0.4 is 10.6 Å². The molecular formula is C37H62N2. The molecule has 2 aromatic rings. The predicted molar refractivity (Wildman–Crippen MR) is 174 cm³/mol. The van der Waals surface area contributed by atoms with Gasteiger partial charge in [0.1, 0.15) is 0 Å². The summed E-state index contributed by atoms with van der Waals surface area (Å²) in [5.41, 5.74) is 5.91. The van der Waals surface area contributed by atoms with E-state index in [0.29, 0.717) is 0 Å². The summed E-state index contributed by atoms with van der Waals surface area (Å²) in [6.45, 7) is 13.3. The average Bonchev–Trinajstić information content (AvgIpc) is 2.97. The Morgan fingerprint density at radius 3 is 1.15 bits per heavy atom. The van der Waals surface area contributed by atoms with E-state index in [1.807, 2.05) is 0 Å². The molecule has 0 amide bonds. The number of unbranched alkanes of at least 4 members (excludes halogenated alkanes) is 6. The fraction of sp³-hybridized carbons (Fsp3) is 0.676. The molecule has 0 saturated heterocycles. The van der Waals surface area contributed by atoms with Gasteiger partial charge in [0.25, 0.3) is 0 Å². The third kappa shape index (κ3) is 14.5. The lowest BCUT2D eigenvalue weighted by Crippen LogP contribution is -2.21. The molecule has 0 aliphatic rings. The molecular weight excluding hydrogens is 472 g/mol. The molecule has 2 rings (SSSR count). The summed E-state index contributed by atoms with van der Waals surface area (Å²) in [5, 5.41) is 7.29. The van der Waals surface area contributed by atoms with Crippen molar-refractivity contribution in [3.05, 3.63) is 70.8 Å². The Morgan fingerprint density at radius 1 is 0.436 bits per heavy atom. The van der Waals surface area contributed by atoms with Gasteiger partial charge in [-0.2, -0.15) is 0 Å². The van der Waals surface area contributed by atoms with Gasteiger partial charge >= 0.3 is 0 Å². The molecule has 0 aliphatic carbocycles. The quantitative estimate of drug-likeness (QED) is 0.131. The van der Waals surface area contributed by atoms with E-state index < -0.39 is 0 Å². The zero-order chi connectivity index (χ0) is 28.0. The summed E-state index contributed by atoms with van der Waals surface area (Å²) >= 11 is 0. The second-order valence-electron chi connectivity index (χ2n) is 11.9. The van der Waals surface area contributed by atoms with Crippen molar-refractivity contribution >= 4 is 0 Å². The van der Waals surface area contributed by atoms with E-state index in [0.717, 1.165) is 44.4 Å². The van der Waals surface area contributed by atoms with E-state index in [9.17, 15) is 0 Å². The van der Waals surface area contributed by atoms with Crippen LogP contribution in [0.15, 0.2) is 48.5 Å². The largest absolute Gasteiger partial charge is 0.313 e. The minimum atomic E-state index is 0.745. The summed E-state index contributed by atoms with van der Waals surface area (Å²) in [7, 11) is 0. The number of benzene rings is 2. The molecule has 39 heavy (non-hydrogen) atoms. The maximum atomic E-state index is 3.64. The Kier molecular flexibility index (Phi) is 19.0. The molecule has 0 bridgehead atoms. The van der Waals surface area contributed by atoms with Gasteiger partial charge in [-0.1, -0.05) is 140 Å². The second-order valence-corrected chi connectivity index (χ2v) is 11.9. The highest BCUT2D eigenvalue weighted by molar-refractivity contribution is 5.26. The van der Waals surface area contributed by atoms with Crippen LogP contribution in [0.3, 0.4) is 0 Å². The van der Waals surface area contributed by atoms with Gasteiger partial charge in [0.15, 0.2) is 0 Å². The molecule has 0 heterocycles. The van der Waals surface area contributed by atoms with Gasteiger partial charge in [-0.15, -0.1) is 0 Å². The molecule has 2 heteroatoms. The summed E-state index contributed by atoms with van der Waals surface area (Å²) in [4.78, 5) is 0. The van der Waals surface area contributed by atoms with Crippen LogP contribution >= 0.6 is 0 Å². The van der Waals surface area contributed by atoms with Crippen molar-refractivity contribution in [2.24, 2.45) is 0 Å². The Morgan fingerprint density at radius 2 is 0.795 bits per heavy atom. The first-order chi connectivity index (χ1) is 19.2. The van der Waals surface area contributed by atoms with Crippen molar-refractivity contribution in [1.29, 1.82) is 0 Å². The van der Waals surface area contributed by atoms with Crippen LogP contribution in [0.25, 0.3) is 0 Å². The summed E-state index contributed by atoms with van der Waals surface area (Å²) < 4.78 is 0. The van der Waals surface area contributed by atoms with E-state index in [4.69, 9.17) is 0 Å². The monoisotopic (exact) mass is 534 g/mol. The lowest BCUT2D eigenvalue weighted by atomic mass is 9.88. The van der Waals surface area contributed by atoms with E-state index in [1.165, 1.54) is 101 Å². The fourth-order valence-corrected chi connectivity index (χ4v) is 5.76. The predicted octanol–water partition coefficient (Wildman–Crippen LogP) is 10.7. The lowest BCUT2D eigenvalue weighted by Gasteiger charge is -2.18. The maximum Gasteiger partial charge on any atom is 0.0205 e. The summed E-state index contributed by atoms with van der Waals surface area (Å²) in [6.07, 6.45) is 19.9. The van der Waals surface area contributed by atoms with Crippen molar-refractivity contribution in [2.75, 3.05) is 13.1 Å². The van der Waals surface area contributed by atoms with Gasteiger partial charge in [-0.25, -0.2) is 0 Å². The van der Waals surface area contributed by atoms with Crippen molar-refractivity contribution in [2.45, 2.75) is 149 Å². The van der Waals surface area contributed by atoms with Gasteiger partial charge in [-0.3, -0.25) is 0 Å². The van der Waals surface area contributed by atoms with E-state index in [-0.39, 0.29) is 0 Å². The molecule has 0 spiro atoms. The molecule has 0 radical (unpaired) electrons. The van der Waals surface area contributed by atoms with Crippen molar-refractivity contribution < 1.29 is 0 Å². The smallest absolute Gasteiger partial charge is 0.0205 e. The normalized spacial score (nSPS) is 13.0. The standard InChI is InChI=1S/C37H62N2/c1-5-9-13-18-34(16-11-7-3)36-24-20-32(21-25-36)30-38-28-15-29-39-31-33-22-26-37(27-23-33)35(17-12-8-4)19-14-10-6-2/h20-27,34-35,38-39H,5-19,28-31H2,1-4H3. The van der Waals surface area contributed by atoms with E-state index >= 15 is 0 Å². The molecule has 0 fully saturated rings. The second kappa shape index (κ2) is 22.1. The van der Waals surface area contributed by atoms with Gasteiger partial charge in [0.05, 0.1) is 0 Å². The molecule has 2 aromatic carbocycles. The fourth-order valence-electron chi connectivity index (χ4n) is 5.76. The van der Waals surface area contributed by atoms with Crippen LogP contribution in [0.1, 0.15) is 158 Å². The van der Waals surface area contributed by atoms with Gasteiger partial charge in [0, 0.05) is 13.1 Å². The zero-order valence-electron chi connectivity index (χ0n) is 26.2. The molecule has 0 aliphatic heterocycles. The van der Waals surface area contributed by atoms with Gasteiger partial charge in [-0.05, 0) is 79.3 Å². The Hall–Kier alpha value is -1.64. The van der Waals surface area contributed by atoms with E-state index in [2.05, 4.69) is 86.9 Å². The van der Waals surface area contributed by atoms with Crippen LogP contribution in [-0.4, -0.2) is 13.1 Å². The first-order valence-electron chi connectivity index (χ1n) is 16.8. The third-order valence-corrected chi connectivity index (χ3v) is 8.39. The average molecular weight is 535 g/mol. The first kappa shape index (κ1) is 33.6. The van der Waals surface area contributed by atoms with E-state index in [1.54, 1.807) is 11.1 Å². The molecule has 220 valence electrons. The zero-order valence-corrected chi connectivity index (χ0v) is 26.2. The van der Waals surface area contributed by atoms with Crippen LogP contribution in [0.4, 0.5) is 0 Å². The van der Waals surface area contributed by atoms with Crippen LogP contribution in [0.5, 0.6) is 0 Å². The molecule has 0 saturated carbocycles. The van der Waals surface area contributed by atoms with Crippen molar-refractivity contribution in [1.82, 2.24) is 10.6 Å². The number of hydrogen-bond donors (Lipinski definition) is 2. The van der Waals surface area contributed by atoms with Gasteiger partial charge in [0.2, 0.25) is 0 Å². The Bertz CT molecular complexity index is 741. The van der Waals surface area contributed by atoms with Crippen LogP contribution in [0.2, 0.25) is 0 Å². The highest BCUT2D eigenvalue weighted by Crippen LogP contribution is 2.29. The first-order valence-corrected chi connectivity index (χ1v) is 16.8. The molecule has 2 N–H and O–H groups in total. The molecule has 2 atom stereocenters. The topological polar surface area (TPSA) is 24.1 Å². The highest BCUT2D eigenvalue weighted by atomic mass is 14.9. The number of nitrogens with one attached hydrogen (secondary N) is 2. The third-order valence-electron chi connectivity index (χ3n) is 8.39. The number of rotatable bonds is 24. The SMILES string of the molecule is CCCCCC(CCCC)c1ccc(CNCCCNCc2ccc(C(CCCC)CCCCC)cc2)cc1. The summed E-state index contributed by atoms with van der Waals surface area (Å²) in [5.74, 6) is 1.49. The number of hydrogen-bond acceptors (Lipinski definition) is 2. The highest BCUT2D eigenvalue weighted by Gasteiger charge is 2.12. The van der Waals surface area contributed by atoms with Gasteiger partial charge < -0.3 is 10.6 Å². The molecule has 0 aromatic heterocycles. The van der Waals surface area contributed by atoms with Crippen LogP contribution in [-0.2, 0) is 13.1 Å². The van der Waals surface area contributed by atoms with Crippen LogP contribution in [0, 0.1) is 0 Å². The minimum Gasteiger partial charge on any atom is -0.313 e. The van der Waals surface area contributed by atoms with Crippen molar-refractivity contribution in [3.8, 4) is 0 Å². The Balaban J connectivity index is 1.65. The summed E-state index contributed by atoms with van der Waals surface area (Å²) in [6, 6.07) is 19.0. The Labute approximate surface area is 243 Å². The lowest BCUT2D eigenvalue weighted by molar-refractivity contribution is 0.515. The molecule has 2 unspecified atom stereocenters.